The molecule has 0 spiro atoms. The molecule has 0 aliphatic carbocycles. The number of aromatic carboxylic acids is 1. The summed E-state index contributed by atoms with van der Waals surface area (Å²) in [5.41, 5.74) is 2.20. The highest BCUT2D eigenvalue weighted by Crippen LogP contribution is 2.33. The Morgan fingerprint density at radius 1 is 1.29 bits per heavy atom. The number of hydrogen-bond donors (Lipinski definition) is 1. The van der Waals surface area contributed by atoms with Crippen molar-refractivity contribution >= 4 is 5.97 Å². The fourth-order valence-electron chi connectivity index (χ4n) is 3.33. The van der Waals surface area contributed by atoms with E-state index in [1.54, 1.807) is 12.1 Å². The number of hydrogen-bond acceptors (Lipinski definition) is 3. The summed E-state index contributed by atoms with van der Waals surface area (Å²) in [4.78, 5) is 13.7. The Balaban J connectivity index is 1.81. The number of nitrogens with zero attached hydrogens (tertiary/aromatic N) is 1. The Bertz CT molecular complexity index is 730. The fourth-order valence-corrected chi connectivity index (χ4v) is 3.33. The Kier molecular flexibility index (Phi) is 4.81. The van der Waals surface area contributed by atoms with Gasteiger partial charge in [0.25, 0.3) is 0 Å². The zero-order valence-electron chi connectivity index (χ0n) is 13.5. The van der Waals surface area contributed by atoms with Crippen LogP contribution in [0.1, 0.15) is 40.4 Å². The molecule has 1 saturated heterocycles. The molecule has 1 aliphatic rings. The summed E-state index contributed by atoms with van der Waals surface area (Å²) in [7, 11) is 1.46. The van der Waals surface area contributed by atoms with Gasteiger partial charge in [-0.15, -0.1) is 0 Å². The summed E-state index contributed by atoms with van der Waals surface area (Å²) in [6, 6.07) is 12.1. The van der Waals surface area contributed by atoms with Gasteiger partial charge in [0.15, 0.2) is 0 Å². The van der Waals surface area contributed by atoms with Gasteiger partial charge in [-0.25, -0.2) is 9.18 Å². The van der Waals surface area contributed by atoms with Crippen LogP contribution in [0.25, 0.3) is 0 Å². The monoisotopic (exact) mass is 329 g/mol. The average molecular weight is 329 g/mol. The van der Waals surface area contributed by atoms with Gasteiger partial charge in [-0.1, -0.05) is 18.2 Å². The molecule has 0 aromatic heterocycles. The number of halogens is 1. The highest BCUT2D eigenvalue weighted by atomic mass is 19.1. The molecule has 1 N–H and O–H groups in total. The standard InChI is InChI=1S/C19H20FNO3/c1-24-18-9-4-13(11-16(18)19(22)23)12-21-10-2-3-17(21)14-5-7-15(20)8-6-14/h4-9,11,17H,2-3,10,12H2,1H3,(H,22,23)/t17-/m1/s1. The average Bonchev–Trinajstić information content (AvgIpc) is 3.03. The van der Waals surface area contributed by atoms with Gasteiger partial charge < -0.3 is 9.84 Å². The Labute approximate surface area is 140 Å². The molecule has 4 nitrogen and oxygen atoms in total. The number of carboxylic acids is 1. The summed E-state index contributed by atoms with van der Waals surface area (Å²) < 4.78 is 18.2. The third-order valence-corrected chi connectivity index (χ3v) is 4.50. The molecule has 0 radical (unpaired) electrons. The maximum atomic E-state index is 13.1. The van der Waals surface area contributed by atoms with Gasteiger partial charge in [0.05, 0.1) is 7.11 Å². The number of carboxylic acid groups (broad SMARTS) is 1. The van der Waals surface area contributed by atoms with Crippen LogP contribution in [0.4, 0.5) is 4.39 Å². The Hall–Kier alpha value is -2.40. The summed E-state index contributed by atoms with van der Waals surface area (Å²) in [6.45, 7) is 1.60. The molecule has 2 aromatic rings. The van der Waals surface area contributed by atoms with Gasteiger partial charge in [-0.3, -0.25) is 4.90 Å². The SMILES string of the molecule is COc1ccc(CN2CCC[C@@H]2c2ccc(F)cc2)cc1C(=O)O. The largest absolute Gasteiger partial charge is 0.496 e. The first kappa shape index (κ1) is 16.5. The van der Waals surface area contributed by atoms with Crippen LogP contribution in [0.3, 0.4) is 0 Å². The van der Waals surface area contributed by atoms with E-state index in [9.17, 15) is 14.3 Å². The number of methoxy groups -OCH3 is 1. The van der Waals surface area contributed by atoms with Crippen LogP contribution in [-0.2, 0) is 6.54 Å². The van der Waals surface area contributed by atoms with Crippen LogP contribution in [0, 0.1) is 5.82 Å². The Morgan fingerprint density at radius 2 is 2.04 bits per heavy atom. The highest BCUT2D eigenvalue weighted by molar-refractivity contribution is 5.91. The Morgan fingerprint density at radius 3 is 2.71 bits per heavy atom. The van der Waals surface area contributed by atoms with E-state index < -0.39 is 5.97 Å². The second-order valence-electron chi connectivity index (χ2n) is 6.02. The van der Waals surface area contributed by atoms with Crippen molar-refractivity contribution in [2.24, 2.45) is 0 Å². The lowest BCUT2D eigenvalue weighted by Crippen LogP contribution is -2.23. The quantitative estimate of drug-likeness (QED) is 0.905. The molecule has 2 aromatic carbocycles. The summed E-state index contributed by atoms with van der Waals surface area (Å²) in [5.74, 6) is -0.863. The molecule has 1 fully saturated rings. The van der Waals surface area contributed by atoms with Crippen molar-refractivity contribution in [3.8, 4) is 5.75 Å². The molecule has 126 valence electrons. The van der Waals surface area contributed by atoms with Crippen molar-refractivity contribution in [2.75, 3.05) is 13.7 Å². The minimum atomic E-state index is -0.995. The highest BCUT2D eigenvalue weighted by Gasteiger charge is 2.26. The predicted octanol–water partition coefficient (Wildman–Crippen LogP) is 3.87. The third kappa shape index (κ3) is 3.41. The molecule has 0 unspecified atom stereocenters. The predicted molar refractivity (Wildman–Crippen MR) is 88.7 cm³/mol. The molecule has 0 amide bonds. The molecular formula is C19H20FNO3. The fraction of sp³-hybridized carbons (Fsp3) is 0.316. The number of rotatable bonds is 5. The number of likely N-dealkylation sites (tertiary alicyclic amines) is 1. The lowest BCUT2D eigenvalue weighted by atomic mass is 10.0. The summed E-state index contributed by atoms with van der Waals surface area (Å²) >= 11 is 0. The van der Waals surface area contributed by atoms with E-state index in [-0.39, 0.29) is 17.4 Å². The van der Waals surface area contributed by atoms with E-state index in [0.717, 1.165) is 30.5 Å². The maximum Gasteiger partial charge on any atom is 0.339 e. The normalized spacial score (nSPS) is 17.8. The van der Waals surface area contributed by atoms with E-state index in [2.05, 4.69) is 4.90 Å². The molecular weight excluding hydrogens is 309 g/mol. The first-order valence-electron chi connectivity index (χ1n) is 7.98. The second kappa shape index (κ2) is 7.01. The van der Waals surface area contributed by atoms with Crippen LogP contribution >= 0.6 is 0 Å². The molecule has 0 bridgehead atoms. The van der Waals surface area contributed by atoms with Gasteiger partial charge in [0.1, 0.15) is 17.1 Å². The van der Waals surface area contributed by atoms with E-state index >= 15 is 0 Å². The number of benzene rings is 2. The van der Waals surface area contributed by atoms with E-state index in [4.69, 9.17) is 4.74 Å². The maximum absolute atomic E-state index is 13.1. The van der Waals surface area contributed by atoms with Crippen molar-refractivity contribution in [1.82, 2.24) is 4.90 Å². The van der Waals surface area contributed by atoms with Crippen molar-refractivity contribution in [3.63, 3.8) is 0 Å². The first-order chi connectivity index (χ1) is 11.6. The minimum absolute atomic E-state index is 0.174. The third-order valence-electron chi connectivity index (χ3n) is 4.50. The minimum Gasteiger partial charge on any atom is -0.496 e. The second-order valence-corrected chi connectivity index (χ2v) is 6.02. The summed E-state index contributed by atoms with van der Waals surface area (Å²) in [5, 5.41) is 9.31. The summed E-state index contributed by atoms with van der Waals surface area (Å²) in [6.07, 6.45) is 2.09. The van der Waals surface area contributed by atoms with Crippen LogP contribution in [-0.4, -0.2) is 29.6 Å². The zero-order valence-corrected chi connectivity index (χ0v) is 13.5. The molecule has 1 atom stereocenters. The smallest absolute Gasteiger partial charge is 0.339 e. The van der Waals surface area contributed by atoms with Gasteiger partial charge in [-0.2, -0.15) is 0 Å². The van der Waals surface area contributed by atoms with E-state index in [0.29, 0.717) is 12.3 Å². The van der Waals surface area contributed by atoms with Gasteiger partial charge >= 0.3 is 5.97 Å². The van der Waals surface area contributed by atoms with Crippen LogP contribution in [0.2, 0.25) is 0 Å². The van der Waals surface area contributed by atoms with Crippen molar-refractivity contribution in [2.45, 2.75) is 25.4 Å². The van der Waals surface area contributed by atoms with Gasteiger partial charge in [0.2, 0.25) is 0 Å². The van der Waals surface area contributed by atoms with Crippen molar-refractivity contribution in [3.05, 3.63) is 65.0 Å². The lowest BCUT2D eigenvalue weighted by molar-refractivity contribution is 0.0693. The molecule has 3 rings (SSSR count). The van der Waals surface area contributed by atoms with E-state index in [1.807, 2.05) is 18.2 Å². The van der Waals surface area contributed by atoms with Crippen molar-refractivity contribution in [1.29, 1.82) is 0 Å². The first-order valence-corrected chi connectivity index (χ1v) is 7.98. The number of carbonyl (C=O) groups is 1. The molecule has 1 heterocycles. The lowest BCUT2D eigenvalue weighted by Gasteiger charge is -2.25. The van der Waals surface area contributed by atoms with Gasteiger partial charge in [0, 0.05) is 12.6 Å². The van der Waals surface area contributed by atoms with Crippen LogP contribution < -0.4 is 4.74 Å². The molecule has 1 aliphatic heterocycles. The number of ether oxygens (including phenoxy) is 1. The zero-order chi connectivity index (χ0) is 17.1. The molecule has 5 heteroatoms. The van der Waals surface area contributed by atoms with Crippen LogP contribution in [0.15, 0.2) is 42.5 Å². The molecule has 0 saturated carbocycles. The van der Waals surface area contributed by atoms with E-state index in [1.165, 1.54) is 19.2 Å². The molecule has 24 heavy (non-hydrogen) atoms. The topological polar surface area (TPSA) is 49.8 Å². The van der Waals surface area contributed by atoms with Gasteiger partial charge in [-0.05, 0) is 54.8 Å². The van der Waals surface area contributed by atoms with Crippen molar-refractivity contribution < 1.29 is 19.0 Å². The van der Waals surface area contributed by atoms with Crippen LogP contribution in [0.5, 0.6) is 5.75 Å².